The molecule has 0 aliphatic heterocycles. The molecular weight excluding hydrogens is 1130 g/mol. The molecule has 0 saturated carbocycles. The van der Waals surface area contributed by atoms with Crippen molar-refractivity contribution in [1.29, 1.82) is 0 Å². The van der Waals surface area contributed by atoms with Crippen molar-refractivity contribution in [1.82, 2.24) is 17.5 Å². The Balaban J connectivity index is 1.11. The van der Waals surface area contributed by atoms with Gasteiger partial charge in [-0.3, -0.25) is 0 Å². The summed E-state index contributed by atoms with van der Waals surface area (Å²) in [4.78, 5) is 0. The van der Waals surface area contributed by atoms with Crippen molar-refractivity contribution in [3.05, 3.63) is 58.7 Å². The van der Waals surface area contributed by atoms with E-state index in [1.54, 1.807) is 22.3 Å². The van der Waals surface area contributed by atoms with Gasteiger partial charge in [0, 0.05) is 22.0 Å². The van der Waals surface area contributed by atoms with E-state index in [4.69, 9.17) is 17.5 Å². The Morgan fingerprint density at radius 2 is 0.433 bits per heavy atom. The normalized spacial score (nSPS) is 13.7. The van der Waals surface area contributed by atoms with E-state index in [9.17, 15) is 0 Å². The third kappa shape index (κ3) is 23.9. The first-order chi connectivity index (χ1) is 44.6. The molecule has 90 heavy (non-hydrogen) atoms. The Kier molecular flexibility index (Phi) is 37.9. The molecule has 0 atom stereocenters. The number of rotatable bonds is 60. The molecule has 0 radical (unpaired) electrons. The van der Waals surface area contributed by atoms with E-state index in [1.807, 2.05) is 0 Å². The molecule has 506 valence electrons. The molecule has 0 saturated heterocycles. The second kappa shape index (κ2) is 45.6. The summed E-state index contributed by atoms with van der Waals surface area (Å²) < 4.78 is 20.5. The lowest BCUT2D eigenvalue weighted by Gasteiger charge is -2.35. The van der Waals surface area contributed by atoms with Gasteiger partial charge in [-0.1, -0.05) is 399 Å². The first-order valence-corrected chi connectivity index (χ1v) is 41.8. The largest absolute Gasteiger partial charge is 0.173 e. The second-order valence-electron chi connectivity index (χ2n) is 29.7. The minimum atomic E-state index is -0.0331. The van der Waals surface area contributed by atoms with E-state index in [2.05, 4.69) is 64.1 Å². The number of hydrogen-bond acceptors (Lipinski definition) is 6. The molecule has 4 nitrogen and oxygen atoms in total. The Hall–Kier alpha value is -2.70. The summed E-state index contributed by atoms with van der Waals surface area (Å²) in [5.41, 5.74) is 16.7. The highest BCUT2D eigenvalue weighted by Crippen LogP contribution is 2.62. The zero-order valence-electron chi connectivity index (χ0n) is 59.5. The van der Waals surface area contributed by atoms with E-state index >= 15 is 0 Å². The first kappa shape index (κ1) is 74.7. The summed E-state index contributed by atoms with van der Waals surface area (Å²) in [5.74, 6) is 0. The summed E-state index contributed by atoms with van der Waals surface area (Å²) in [5, 5.41) is 0. The molecule has 2 heterocycles. The molecule has 2 aliphatic carbocycles. The monoisotopic (exact) mass is 1270 g/mol. The maximum atomic E-state index is 5.26. The van der Waals surface area contributed by atoms with Crippen molar-refractivity contribution in [3.8, 4) is 22.3 Å². The van der Waals surface area contributed by atoms with Crippen LogP contribution >= 0.6 is 23.5 Å². The number of nitrogens with zero attached hydrogens (tertiary/aromatic N) is 4. The quantitative estimate of drug-likeness (QED) is 0.0364. The van der Waals surface area contributed by atoms with Gasteiger partial charge in [-0.05, 0) is 83.3 Å². The zero-order chi connectivity index (χ0) is 62.8. The molecule has 5 aromatic rings. The van der Waals surface area contributed by atoms with E-state index in [-0.39, 0.29) is 10.8 Å². The summed E-state index contributed by atoms with van der Waals surface area (Å²) >= 11 is 2.86. The number of unbranched alkanes of at least 4 members (excludes halogenated alkanes) is 52. The Morgan fingerprint density at radius 1 is 0.233 bits per heavy atom. The van der Waals surface area contributed by atoms with Crippen molar-refractivity contribution in [2.45, 2.75) is 424 Å². The van der Waals surface area contributed by atoms with Gasteiger partial charge >= 0.3 is 0 Å². The molecule has 6 heteroatoms. The SMILES string of the molecule is CCCCCCCCCCCCCCCCC1(CCCCCCCCCCCCCCCC)c2cc3c(cc2-c2c1ccc1nsnc21)C(CCCCCCCCCCCCCCCC)(CCCCCCCCCCCCCCCC)c1ccc2nsnc2c1-3. The van der Waals surface area contributed by atoms with Crippen molar-refractivity contribution < 1.29 is 0 Å². The molecule has 2 aromatic heterocycles. The highest BCUT2D eigenvalue weighted by Gasteiger charge is 2.49. The van der Waals surface area contributed by atoms with Gasteiger partial charge in [0.1, 0.15) is 22.1 Å². The van der Waals surface area contributed by atoms with E-state index in [0.717, 1.165) is 22.1 Å². The molecule has 0 unspecified atom stereocenters. The third-order valence-corrected chi connectivity index (χ3v) is 23.5. The predicted molar refractivity (Wildman–Crippen MR) is 401 cm³/mol. The summed E-state index contributed by atoms with van der Waals surface area (Å²) in [6, 6.07) is 15.5. The summed E-state index contributed by atoms with van der Waals surface area (Å²) in [6.07, 6.45) is 83.4. The van der Waals surface area contributed by atoms with Crippen molar-refractivity contribution in [2.24, 2.45) is 0 Å². The van der Waals surface area contributed by atoms with Crippen LogP contribution in [0.15, 0.2) is 36.4 Å². The third-order valence-electron chi connectivity index (χ3n) is 22.4. The summed E-state index contributed by atoms with van der Waals surface area (Å²) in [7, 11) is 0. The number of fused-ring (bicyclic) bond motifs is 10. The maximum absolute atomic E-state index is 5.26. The lowest BCUT2D eigenvalue weighted by Crippen LogP contribution is -2.27. The van der Waals surface area contributed by atoms with E-state index in [1.165, 1.54) is 431 Å². The molecule has 3 aromatic carbocycles. The van der Waals surface area contributed by atoms with Crippen LogP contribution in [-0.2, 0) is 10.8 Å². The number of aromatic nitrogens is 4. The van der Waals surface area contributed by atoms with Gasteiger partial charge in [-0.2, -0.15) is 17.5 Å². The lowest BCUT2D eigenvalue weighted by atomic mass is 9.68. The fourth-order valence-electron chi connectivity index (χ4n) is 17.0. The van der Waals surface area contributed by atoms with Gasteiger partial charge in [0.15, 0.2) is 0 Å². The van der Waals surface area contributed by atoms with Gasteiger partial charge in [-0.15, -0.1) is 0 Å². The molecule has 0 amide bonds. The zero-order valence-corrected chi connectivity index (χ0v) is 61.1. The van der Waals surface area contributed by atoms with Gasteiger partial charge < -0.3 is 0 Å². The lowest BCUT2D eigenvalue weighted by molar-refractivity contribution is 0.393. The molecule has 0 fully saturated rings. The molecule has 7 rings (SSSR count). The number of benzene rings is 3. The van der Waals surface area contributed by atoms with Crippen LogP contribution in [0.4, 0.5) is 0 Å². The van der Waals surface area contributed by atoms with Crippen LogP contribution in [0.5, 0.6) is 0 Å². The van der Waals surface area contributed by atoms with E-state index in [0.29, 0.717) is 0 Å². The van der Waals surface area contributed by atoms with Crippen molar-refractivity contribution >= 4 is 45.5 Å². The molecule has 0 bridgehead atoms. The maximum Gasteiger partial charge on any atom is 0.112 e. The van der Waals surface area contributed by atoms with Crippen LogP contribution in [0, 0.1) is 0 Å². The average Bonchev–Trinajstić information content (AvgIpc) is 1.53. The Morgan fingerprint density at radius 3 is 0.644 bits per heavy atom. The summed E-state index contributed by atoms with van der Waals surface area (Å²) in [6.45, 7) is 9.32. The van der Waals surface area contributed by atoms with E-state index < -0.39 is 0 Å². The molecule has 2 aliphatic rings. The van der Waals surface area contributed by atoms with Gasteiger partial charge in [0.05, 0.1) is 23.5 Å². The van der Waals surface area contributed by atoms with Crippen LogP contribution < -0.4 is 0 Å². The smallest absolute Gasteiger partial charge is 0.112 e. The minimum absolute atomic E-state index is 0.0331. The highest BCUT2D eigenvalue weighted by molar-refractivity contribution is 7.00. The minimum Gasteiger partial charge on any atom is -0.173 e. The second-order valence-corrected chi connectivity index (χ2v) is 30.8. The van der Waals surface area contributed by atoms with Crippen LogP contribution in [0.25, 0.3) is 44.3 Å². The van der Waals surface area contributed by atoms with Gasteiger partial charge in [-0.25, -0.2) is 0 Å². The van der Waals surface area contributed by atoms with Crippen LogP contribution in [0.1, 0.15) is 435 Å². The average molecular weight is 1270 g/mol. The number of hydrogen-bond donors (Lipinski definition) is 0. The van der Waals surface area contributed by atoms with Crippen molar-refractivity contribution in [3.63, 3.8) is 0 Å². The molecular formula is C84H138N4S2. The first-order valence-electron chi connectivity index (χ1n) is 40.3. The standard InChI is InChI=1S/C84H138N4S2/c1-5-9-13-17-21-25-29-33-37-41-45-49-53-57-65-83(66-58-54-50-46-42-38-34-30-26-22-18-14-10-6-2)73-61-63-77-81(87-89-85-77)79(73)71-70-76-72(69-75(71)83)80-74(62-64-78-82(80)88-90-86-78)84(76,67-59-55-51-47-43-39-35-31-27-23-19-15-11-7-3)68-60-56-52-48-44-40-36-32-28-24-20-16-12-8-4/h61-64,69-70H,5-60,65-68H2,1-4H3. The molecule has 0 N–H and O–H groups in total. The van der Waals surface area contributed by atoms with Crippen LogP contribution in [0.2, 0.25) is 0 Å². The van der Waals surface area contributed by atoms with Gasteiger partial charge in [0.2, 0.25) is 0 Å². The Bertz CT molecular complexity index is 2360. The molecule has 0 spiro atoms. The van der Waals surface area contributed by atoms with Gasteiger partial charge in [0.25, 0.3) is 0 Å². The fraction of sp³-hybridized carbons (Fsp3) is 0.786. The van der Waals surface area contributed by atoms with Crippen LogP contribution in [-0.4, -0.2) is 17.5 Å². The van der Waals surface area contributed by atoms with Crippen LogP contribution in [0.3, 0.4) is 0 Å². The highest BCUT2D eigenvalue weighted by atomic mass is 32.1. The predicted octanol–water partition coefficient (Wildman–Crippen LogP) is 29.7. The topological polar surface area (TPSA) is 51.6 Å². The Labute approximate surface area is 564 Å². The fourth-order valence-corrected chi connectivity index (χ4v) is 18.0. The van der Waals surface area contributed by atoms with Crippen molar-refractivity contribution in [2.75, 3.05) is 0 Å².